The molecule has 158 valence electrons. The summed E-state index contributed by atoms with van der Waals surface area (Å²) in [7, 11) is -2.20. The fourth-order valence-electron chi connectivity index (χ4n) is 3.33. The summed E-state index contributed by atoms with van der Waals surface area (Å²) in [5.41, 5.74) is 0.772. The van der Waals surface area contributed by atoms with E-state index in [-0.39, 0.29) is 6.54 Å². The van der Waals surface area contributed by atoms with Gasteiger partial charge in [-0.05, 0) is 37.3 Å². The number of aromatic nitrogens is 1. The van der Waals surface area contributed by atoms with Crippen LogP contribution < -0.4 is 4.80 Å². The predicted molar refractivity (Wildman–Crippen MR) is 113 cm³/mol. The van der Waals surface area contributed by atoms with Crippen molar-refractivity contribution < 1.29 is 22.7 Å². The van der Waals surface area contributed by atoms with Gasteiger partial charge in [0.05, 0.1) is 23.6 Å². The molecule has 1 aromatic heterocycles. The van der Waals surface area contributed by atoms with Gasteiger partial charge in [-0.15, -0.1) is 11.8 Å². The van der Waals surface area contributed by atoms with Crippen molar-refractivity contribution in [1.29, 1.82) is 0 Å². The van der Waals surface area contributed by atoms with Crippen molar-refractivity contribution in [1.82, 2.24) is 8.87 Å². The predicted octanol–water partition coefficient (Wildman–Crippen LogP) is 1.84. The standard InChI is InChI=1S/C18H23N3O5S3/c1-26-16(22)11-20-13-8-7-12(27-2)10-15(13)28-18(20)19-17(23)14-6-4-5-9-21(14)29(3,24)25/h7-8,10,14H,4-6,9,11H2,1-3H3. The number of carbonyl (C=O) groups is 2. The van der Waals surface area contributed by atoms with Crippen molar-refractivity contribution in [2.24, 2.45) is 4.99 Å². The van der Waals surface area contributed by atoms with Crippen LogP contribution in [0.15, 0.2) is 28.1 Å². The van der Waals surface area contributed by atoms with E-state index >= 15 is 0 Å². The number of amides is 1. The number of nitrogens with zero attached hydrogens (tertiary/aromatic N) is 3. The third-order valence-electron chi connectivity index (χ3n) is 4.78. The first-order chi connectivity index (χ1) is 13.7. The van der Waals surface area contributed by atoms with E-state index in [1.807, 2.05) is 24.5 Å². The molecule has 0 spiro atoms. The van der Waals surface area contributed by atoms with Crippen LogP contribution in [-0.4, -0.2) is 61.4 Å². The highest BCUT2D eigenvalue weighted by molar-refractivity contribution is 7.98. The fourth-order valence-corrected chi connectivity index (χ4v) is 6.04. The summed E-state index contributed by atoms with van der Waals surface area (Å²) in [6.45, 7) is 0.234. The zero-order chi connectivity index (χ0) is 21.2. The van der Waals surface area contributed by atoms with Gasteiger partial charge in [0, 0.05) is 11.4 Å². The largest absolute Gasteiger partial charge is 0.468 e. The topological polar surface area (TPSA) is 98.0 Å². The lowest BCUT2D eigenvalue weighted by atomic mass is 10.0. The van der Waals surface area contributed by atoms with E-state index in [0.29, 0.717) is 17.8 Å². The van der Waals surface area contributed by atoms with Gasteiger partial charge in [0.1, 0.15) is 12.6 Å². The van der Waals surface area contributed by atoms with Gasteiger partial charge < -0.3 is 9.30 Å². The summed E-state index contributed by atoms with van der Waals surface area (Å²) in [6.07, 6.45) is 5.01. The normalized spacial score (nSPS) is 18.9. The third kappa shape index (κ3) is 4.90. The smallest absolute Gasteiger partial charge is 0.325 e. The summed E-state index contributed by atoms with van der Waals surface area (Å²) in [5, 5.41) is 0. The van der Waals surface area contributed by atoms with Crippen LogP contribution in [0.4, 0.5) is 0 Å². The maximum Gasteiger partial charge on any atom is 0.325 e. The van der Waals surface area contributed by atoms with Crippen LogP contribution in [0.2, 0.25) is 0 Å². The van der Waals surface area contributed by atoms with Crippen LogP contribution in [0, 0.1) is 0 Å². The summed E-state index contributed by atoms with van der Waals surface area (Å²) in [6, 6.07) is 4.99. The van der Waals surface area contributed by atoms with Crippen LogP contribution in [0.5, 0.6) is 0 Å². The minimum atomic E-state index is -3.51. The second kappa shape index (κ2) is 8.99. The van der Waals surface area contributed by atoms with Crippen molar-refractivity contribution in [2.45, 2.75) is 36.7 Å². The minimum Gasteiger partial charge on any atom is -0.468 e. The van der Waals surface area contributed by atoms with Gasteiger partial charge in [-0.25, -0.2) is 8.42 Å². The van der Waals surface area contributed by atoms with Crippen LogP contribution in [0.3, 0.4) is 0 Å². The Hall–Kier alpha value is -1.69. The van der Waals surface area contributed by atoms with Crippen LogP contribution in [0.25, 0.3) is 10.2 Å². The van der Waals surface area contributed by atoms with Gasteiger partial charge in [0.15, 0.2) is 4.80 Å². The molecule has 1 atom stereocenters. The second-order valence-corrected chi connectivity index (χ2v) is 10.5. The third-order valence-corrected chi connectivity index (χ3v) is 7.83. The maximum absolute atomic E-state index is 12.9. The molecule has 0 aliphatic carbocycles. The Morgan fingerprint density at radius 1 is 1.34 bits per heavy atom. The Morgan fingerprint density at radius 2 is 2.10 bits per heavy atom. The van der Waals surface area contributed by atoms with Crippen molar-refractivity contribution in [2.75, 3.05) is 26.2 Å². The van der Waals surface area contributed by atoms with E-state index in [2.05, 4.69) is 4.99 Å². The number of methoxy groups -OCH3 is 1. The van der Waals surface area contributed by atoms with Crippen molar-refractivity contribution >= 4 is 55.2 Å². The van der Waals surface area contributed by atoms with Gasteiger partial charge in [-0.2, -0.15) is 9.30 Å². The Balaban J connectivity index is 2.08. The Morgan fingerprint density at radius 3 is 2.76 bits per heavy atom. The molecule has 1 saturated heterocycles. The molecule has 1 unspecified atom stereocenters. The molecular weight excluding hydrogens is 434 g/mol. The number of thioether (sulfide) groups is 1. The average Bonchev–Trinajstić information content (AvgIpc) is 3.03. The molecule has 1 amide bonds. The Kier molecular flexibility index (Phi) is 6.82. The van der Waals surface area contributed by atoms with E-state index in [9.17, 15) is 18.0 Å². The van der Waals surface area contributed by atoms with E-state index in [1.165, 1.54) is 22.8 Å². The number of rotatable bonds is 5. The van der Waals surface area contributed by atoms with Gasteiger partial charge in [0.25, 0.3) is 5.91 Å². The monoisotopic (exact) mass is 457 g/mol. The number of ether oxygens (including phenoxy) is 1. The number of hydrogen-bond acceptors (Lipinski definition) is 7. The first-order valence-corrected chi connectivity index (χ1v) is 12.9. The quantitative estimate of drug-likeness (QED) is 0.502. The van der Waals surface area contributed by atoms with Crippen LogP contribution in [-0.2, 0) is 30.9 Å². The molecular formula is C18H23N3O5S3. The second-order valence-electron chi connectivity index (χ2n) is 6.72. The minimum absolute atomic E-state index is 0.0817. The van der Waals surface area contributed by atoms with E-state index < -0.39 is 27.9 Å². The van der Waals surface area contributed by atoms with Gasteiger partial charge in [-0.1, -0.05) is 17.8 Å². The lowest BCUT2D eigenvalue weighted by Crippen LogP contribution is -2.47. The SMILES string of the molecule is COC(=O)Cn1c(=NC(=O)C2CCCCN2S(C)(=O)=O)sc2cc(SC)ccc21. The highest BCUT2D eigenvalue weighted by atomic mass is 32.2. The number of esters is 1. The molecule has 8 nitrogen and oxygen atoms in total. The fraction of sp³-hybridized carbons (Fsp3) is 0.500. The molecule has 3 rings (SSSR count). The molecule has 0 bridgehead atoms. The molecule has 2 aromatic rings. The number of piperidine rings is 1. The van der Waals surface area contributed by atoms with Crippen molar-refractivity contribution in [3.63, 3.8) is 0 Å². The van der Waals surface area contributed by atoms with Crippen LogP contribution >= 0.6 is 23.1 Å². The van der Waals surface area contributed by atoms with Gasteiger partial charge in [-0.3, -0.25) is 9.59 Å². The molecule has 2 heterocycles. The number of carbonyl (C=O) groups excluding carboxylic acids is 2. The summed E-state index contributed by atoms with van der Waals surface area (Å²) >= 11 is 2.89. The molecule has 1 aromatic carbocycles. The first kappa shape index (κ1) is 22.0. The molecule has 29 heavy (non-hydrogen) atoms. The molecule has 11 heteroatoms. The van der Waals surface area contributed by atoms with Gasteiger partial charge in [0.2, 0.25) is 10.0 Å². The number of sulfonamides is 1. The Bertz CT molecular complexity index is 1100. The number of thiazole rings is 1. The Labute approximate surface area is 177 Å². The molecule has 1 aliphatic rings. The first-order valence-electron chi connectivity index (χ1n) is 9.04. The zero-order valence-corrected chi connectivity index (χ0v) is 18.9. The average molecular weight is 458 g/mol. The highest BCUT2D eigenvalue weighted by Gasteiger charge is 2.34. The van der Waals surface area contributed by atoms with Crippen LogP contribution in [0.1, 0.15) is 19.3 Å². The summed E-state index contributed by atoms with van der Waals surface area (Å²) in [5.74, 6) is -0.964. The maximum atomic E-state index is 12.9. The molecule has 0 N–H and O–H groups in total. The molecule has 0 saturated carbocycles. The number of benzene rings is 1. The van der Waals surface area contributed by atoms with E-state index in [0.717, 1.165) is 34.2 Å². The lowest BCUT2D eigenvalue weighted by Gasteiger charge is -2.31. The lowest BCUT2D eigenvalue weighted by molar-refractivity contribution is -0.141. The van der Waals surface area contributed by atoms with E-state index in [1.54, 1.807) is 16.3 Å². The summed E-state index contributed by atoms with van der Waals surface area (Å²) < 4.78 is 32.7. The number of fused-ring (bicyclic) bond motifs is 1. The zero-order valence-electron chi connectivity index (χ0n) is 16.5. The number of hydrogen-bond donors (Lipinski definition) is 0. The molecule has 0 radical (unpaired) electrons. The highest BCUT2D eigenvalue weighted by Crippen LogP contribution is 2.25. The molecule has 1 aliphatic heterocycles. The summed E-state index contributed by atoms with van der Waals surface area (Å²) in [4.78, 5) is 30.5. The van der Waals surface area contributed by atoms with Crippen molar-refractivity contribution in [3.8, 4) is 0 Å². The molecule has 1 fully saturated rings. The van der Waals surface area contributed by atoms with E-state index in [4.69, 9.17) is 4.74 Å². The van der Waals surface area contributed by atoms with Gasteiger partial charge >= 0.3 is 5.97 Å². The van der Waals surface area contributed by atoms with Crippen molar-refractivity contribution in [3.05, 3.63) is 23.0 Å².